The summed E-state index contributed by atoms with van der Waals surface area (Å²) in [5, 5.41) is 2.79. The van der Waals surface area contributed by atoms with Crippen molar-refractivity contribution in [3.05, 3.63) is 96.6 Å². The molecule has 0 N–H and O–H groups in total. The number of benzene rings is 3. The molecule has 0 unspecified atom stereocenters. The summed E-state index contributed by atoms with van der Waals surface area (Å²) in [6.07, 6.45) is 0. The van der Waals surface area contributed by atoms with Crippen LogP contribution in [0.5, 0.6) is 0 Å². The van der Waals surface area contributed by atoms with Gasteiger partial charge in [0.2, 0.25) is 0 Å². The van der Waals surface area contributed by atoms with Gasteiger partial charge in [0.15, 0.2) is 0 Å². The van der Waals surface area contributed by atoms with Crippen LogP contribution in [-0.2, 0) is 0 Å². The quantitative estimate of drug-likeness (QED) is 0.496. The first-order chi connectivity index (χ1) is 9.84. The number of hydrogen-bond acceptors (Lipinski definition) is 0. The van der Waals surface area contributed by atoms with Crippen molar-refractivity contribution in [2.75, 3.05) is 0 Å². The normalized spacial score (nSPS) is 9.00. The van der Waals surface area contributed by atoms with Crippen LogP contribution < -0.4 is 40.2 Å². The minimum atomic E-state index is 0. The van der Waals surface area contributed by atoms with Gasteiger partial charge in [-0.15, -0.1) is 0 Å². The Morgan fingerprint density at radius 2 is 0.905 bits per heavy atom. The van der Waals surface area contributed by atoms with Crippen molar-refractivity contribution in [3.8, 4) is 0 Å². The van der Waals surface area contributed by atoms with Crippen LogP contribution in [0.4, 0.5) is 0 Å². The van der Waals surface area contributed by atoms with Gasteiger partial charge in [0.05, 0.1) is 0 Å². The molecule has 0 heterocycles. The molecule has 0 aliphatic rings. The third-order valence-corrected chi connectivity index (χ3v) is 4.02. The summed E-state index contributed by atoms with van der Waals surface area (Å²) in [6.45, 7) is 2.08. The van der Waals surface area contributed by atoms with Crippen molar-refractivity contribution in [2.45, 2.75) is 6.92 Å². The SMILES string of the molecule is Cc1ccccc1.[H-].[Na+].c1ccc(Pc2ccccc2)cc1. The van der Waals surface area contributed by atoms with E-state index in [9.17, 15) is 0 Å². The predicted molar refractivity (Wildman–Crippen MR) is 92.8 cm³/mol. The van der Waals surface area contributed by atoms with Gasteiger partial charge in [-0.1, -0.05) is 105 Å². The van der Waals surface area contributed by atoms with Crippen molar-refractivity contribution in [1.29, 1.82) is 0 Å². The van der Waals surface area contributed by atoms with E-state index in [1.54, 1.807) is 0 Å². The summed E-state index contributed by atoms with van der Waals surface area (Å²) < 4.78 is 0. The first-order valence-electron chi connectivity index (χ1n) is 6.73. The van der Waals surface area contributed by atoms with Crippen molar-refractivity contribution >= 4 is 19.2 Å². The van der Waals surface area contributed by atoms with Crippen molar-refractivity contribution < 1.29 is 31.0 Å². The second kappa shape index (κ2) is 10.8. The Balaban J connectivity index is 0.000000425. The second-order valence-electron chi connectivity index (χ2n) is 4.51. The second-order valence-corrected chi connectivity index (χ2v) is 5.92. The molecular formula is C19H20NaP. The molecule has 2 heteroatoms. The zero-order valence-electron chi connectivity index (χ0n) is 13.7. The van der Waals surface area contributed by atoms with Gasteiger partial charge in [0.25, 0.3) is 0 Å². The average Bonchev–Trinajstić information content (AvgIpc) is 2.51. The molecule has 0 radical (unpaired) electrons. The van der Waals surface area contributed by atoms with Gasteiger partial charge in [-0.25, -0.2) is 0 Å². The van der Waals surface area contributed by atoms with Crippen LogP contribution in [0.1, 0.15) is 6.99 Å². The molecule has 0 aromatic heterocycles. The van der Waals surface area contributed by atoms with Crippen molar-refractivity contribution in [2.24, 2.45) is 0 Å². The monoisotopic (exact) mass is 302 g/mol. The molecule has 3 aromatic rings. The average molecular weight is 302 g/mol. The Labute approximate surface area is 153 Å². The Hall–Kier alpha value is -0.910. The summed E-state index contributed by atoms with van der Waals surface area (Å²) in [5.74, 6) is 0. The van der Waals surface area contributed by atoms with E-state index in [2.05, 4.69) is 79.7 Å². The molecule has 0 amide bonds. The molecule has 0 aliphatic carbocycles. The van der Waals surface area contributed by atoms with Crippen LogP contribution in [0.25, 0.3) is 0 Å². The predicted octanol–water partition coefficient (Wildman–Crippen LogP) is 1.43. The first-order valence-corrected chi connectivity index (χ1v) is 7.73. The Kier molecular flexibility index (Phi) is 9.30. The molecule has 21 heavy (non-hydrogen) atoms. The van der Waals surface area contributed by atoms with E-state index in [0.717, 1.165) is 8.58 Å². The van der Waals surface area contributed by atoms with E-state index in [0.29, 0.717) is 0 Å². The molecule has 0 aliphatic heterocycles. The van der Waals surface area contributed by atoms with Gasteiger partial charge in [0, 0.05) is 0 Å². The molecule has 0 nitrogen and oxygen atoms in total. The maximum Gasteiger partial charge on any atom is 1.00 e. The van der Waals surface area contributed by atoms with E-state index in [-0.39, 0.29) is 31.0 Å². The van der Waals surface area contributed by atoms with Crippen LogP contribution in [0.3, 0.4) is 0 Å². The van der Waals surface area contributed by atoms with E-state index in [4.69, 9.17) is 0 Å². The molecule has 0 spiro atoms. The van der Waals surface area contributed by atoms with E-state index >= 15 is 0 Å². The van der Waals surface area contributed by atoms with Gasteiger partial charge in [-0.3, -0.25) is 0 Å². The van der Waals surface area contributed by atoms with Crippen LogP contribution in [0.2, 0.25) is 0 Å². The smallest absolute Gasteiger partial charge is 1.00 e. The van der Waals surface area contributed by atoms with Gasteiger partial charge in [0.1, 0.15) is 0 Å². The standard InChI is InChI=1S/C12H11P.C7H8.Na.H/c1-3-7-11(8-4-1)13-12-9-5-2-6-10-12;1-7-5-3-2-4-6-7;;/h1-10,13H;2-6H,1H3;;/q;;+1;-1. The first kappa shape index (κ1) is 18.1. The van der Waals surface area contributed by atoms with Gasteiger partial charge >= 0.3 is 29.6 Å². The van der Waals surface area contributed by atoms with Crippen molar-refractivity contribution in [3.63, 3.8) is 0 Å². The fourth-order valence-corrected chi connectivity index (χ4v) is 2.80. The number of hydrogen-bond donors (Lipinski definition) is 0. The Bertz CT molecular complexity index is 563. The van der Waals surface area contributed by atoms with E-state index in [1.165, 1.54) is 16.2 Å². The summed E-state index contributed by atoms with van der Waals surface area (Å²) in [7, 11) is 0.777. The van der Waals surface area contributed by atoms with Gasteiger partial charge in [-0.05, 0) is 17.5 Å². The van der Waals surface area contributed by atoms with Crippen LogP contribution >= 0.6 is 8.58 Å². The molecule has 0 saturated carbocycles. The third kappa shape index (κ3) is 7.60. The minimum absolute atomic E-state index is 0. The molecule has 0 atom stereocenters. The van der Waals surface area contributed by atoms with Crippen LogP contribution in [0, 0.1) is 6.92 Å². The molecule has 3 aromatic carbocycles. The van der Waals surface area contributed by atoms with E-state index < -0.39 is 0 Å². The number of aryl methyl sites for hydroxylation is 1. The molecule has 102 valence electrons. The van der Waals surface area contributed by atoms with Crippen LogP contribution in [-0.4, -0.2) is 0 Å². The minimum Gasteiger partial charge on any atom is -1.00 e. The fourth-order valence-electron chi connectivity index (χ4n) is 1.74. The van der Waals surface area contributed by atoms with Gasteiger partial charge < -0.3 is 1.43 Å². The van der Waals surface area contributed by atoms with E-state index in [1.807, 2.05) is 18.2 Å². The zero-order chi connectivity index (χ0) is 14.0. The third-order valence-electron chi connectivity index (χ3n) is 2.78. The number of rotatable bonds is 2. The van der Waals surface area contributed by atoms with Crippen molar-refractivity contribution in [1.82, 2.24) is 0 Å². The van der Waals surface area contributed by atoms with Gasteiger partial charge in [-0.2, -0.15) is 0 Å². The molecule has 0 saturated heterocycles. The molecule has 0 bridgehead atoms. The topological polar surface area (TPSA) is 0 Å². The maximum absolute atomic E-state index is 2.17. The molecular weight excluding hydrogens is 282 g/mol. The summed E-state index contributed by atoms with van der Waals surface area (Å²) in [6, 6.07) is 31.4. The fraction of sp³-hybridized carbons (Fsp3) is 0.0526. The zero-order valence-corrected chi connectivity index (χ0v) is 15.7. The Morgan fingerprint density at radius 3 is 1.19 bits per heavy atom. The Morgan fingerprint density at radius 1 is 0.571 bits per heavy atom. The van der Waals surface area contributed by atoms with Crippen LogP contribution in [0.15, 0.2) is 91.0 Å². The summed E-state index contributed by atoms with van der Waals surface area (Å²) >= 11 is 0. The summed E-state index contributed by atoms with van der Waals surface area (Å²) in [4.78, 5) is 0. The molecule has 3 rings (SSSR count). The summed E-state index contributed by atoms with van der Waals surface area (Å²) in [5.41, 5.74) is 1.32. The molecule has 0 fully saturated rings. The largest absolute Gasteiger partial charge is 1.00 e. The maximum atomic E-state index is 2.17.